The maximum Gasteiger partial charge on any atom is 0.307 e. The first-order valence-electron chi connectivity index (χ1n) is 14.5. The minimum Gasteiger partial charge on any atom is -0.472 e. The molecule has 1 atom stereocenters. The number of rotatable bonds is 7. The number of fused-ring (bicyclic) bond motifs is 1. The summed E-state index contributed by atoms with van der Waals surface area (Å²) in [5, 5.41) is 7.58. The van der Waals surface area contributed by atoms with Gasteiger partial charge in [0.1, 0.15) is 28.8 Å². The molecule has 0 bridgehead atoms. The van der Waals surface area contributed by atoms with Crippen molar-refractivity contribution in [2.24, 2.45) is 0 Å². The lowest BCUT2D eigenvalue weighted by Crippen LogP contribution is -3.08. The van der Waals surface area contributed by atoms with Crippen molar-refractivity contribution < 1.29 is 14.1 Å². The third-order valence-corrected chi connectivity index (χ3v) is 8.31. The smallest absolute Gasteiger partial charge is 0.307 e. The normalized spacial score (nSPS) is 17.0. The van der Waals surface area contributed by atoms with Gasteiger partial charge in [0.2, 0.25) is 0 Å². The van der Waals surface area contributed by atoms with Gasteiger partial charge in [-0.1, -0.05) is 91.0 Å². The van der Waals surface area contributed by atoms with E-state index in [0.717, 1.165) is 76.0 Å². The molecule has 1 aliphatic heterocycles. The highest BCUT2D eigenvalue weighted by atomic mass is 16.5. The van der Waals surface area contributed by atoms with Crippen molar-refractivity contribution in [1.82, 2.24) is 9.78 Å². The highest BCUT2D eigenvalue weighted by molar-refractivity contribution is 5.63. The van der Waals surface area contributed by atoms with Crippen LogP contribution in [0.4, 0.5) is 0 Å². The van der Waals surface area contributed by atoms with Crippen LogP contribution in [0.2, 0.25) is 0 Å². The average Bonchev–Trinajstić information content (AvgIpc) is 3.70. The minimum atomic E-state index is -0.729. The molecule has 1 unspecified atom stereocenters. The Morgan fingerprint density at radius 2 is 1.44 bits per heavy atom. The monoisotopic (exact) mass is 540 g/mol. The first kappa shape index (κ1) is 25.4. The summed E-state index contributed by atoms with van der Waals surface area (Å²) in [5.74, 6) is 1.98. The van der Waals surface area contributed by atoms with Gasteiger partial charge in [-0.25, -0.2) is 4.68 Å². The fourth-order valence-electron chi connectivity index (χ4n) is 6.33. The van der Waals surface area contributed by atoms with Gasteiger partial charge in [0.25, 0.3) is 0 Å². The molecule has 204 valence electrons. The quantitative estimate of drug-likeness (QED) is 0.301. The van der Waals surface area contributed by atoms with Crippen molar-refractivity contribution in [1.29, 1.82) is 0 Å². The SMILES string of the molecule is C[NH+]1CC=c2c(c(-c3ccoc3)nn2C(c2ccccc2)(c2ccccc2)c2ccccc2)=C1OC1=CCCCC1. The van der Waals surface area contributed by atoms with Crippen molar-refractivity contribution in [3.8, 4) is 11.3 Å². The number of benzene rings is 3. The van der Waals surface area contributed by atoms with Gasteiger partial charge in [-0.3, -0.25) is 4.90 Å². The van der Waals surface area contributed by atoms with Crippen LogP contribution >= 0.6 is 0 Å². The van der Waals surface area contributed by atoms with E-state index in [1.807, 2.05) is 6.07 Å². The molecule has 0 fully saturated rings. The lowest BCUT2D eigenvalue weighted by molar-refractivity contribution is -0.808. The second kappa shape index (κ2) is 10.8. The van der Waals surface area contributed by atoms with Crippen LogP contribution in [0.3, 0.4) is 0 Å². The summed E-state index contributed by atoms with van der Waals surface area (Å²) in [6, 6.07) is 34.1. The Morgan fingerprint density at radius 1 is 0.805 bits per heavy atom. The Balaban J connectivity index is 1.63. The standard InChI is InChI=1S/C36H33N3O2/c1-38-24-22-32-33(35(38)41-31-20-12-5-13-21-31)34(27-23-25-40-26-27)37-39(32)36(28-14-6-2-7-15-28,29-16-8-3-9-17-29)30-18-10-4-11-19-30/h2-4,6-11,14-20,22-23,25-26H,5,12-13,21,24H2,1H3/p+1. The van der Waals surface area contributed by atoms with Crippen molar-refractivity contribution in [2.75, 3.05) is 13.6 Å². The molecule has 2 aliphatic rings. The van der Waals surface area contributed by atoms with E-state index in [4.69, 9.17) is 14.3 Å². The van der Waals surface area contributed by atoms with Gasteiger partial charge in [-0.05, 0) is 54.2 Å². The van der Waals surface area contributed by atoms with Crippen LogP contribution in [0.25, 0.3) is 23.2 Å². The molecule has 0 saturated heterocycles. The van der Waals surface area contributed by atoms with E-state index in [1.165, 1.54) is 11.3 Å². The molecule has 3 heterocycles. The Hall–Kier alpha value is -4.61. The summed E-state index contributed by atoms with van der Waals surface area (Å²) in [6.07, 6.45) is 12.5. The number of hydrogen-bond acceptors (Lipinski definition) is 3. The number of nitrogens with zero attached hydrogens (tertiary/aromatic N) is 2. The lowest BCUT2D eigenvalue weighted by atomic mass is 9.77. The Morgan fingerprint density at radius 3 is 1.98 bits per heavy atom. The van der Waals surface area contributed by atoms with Gasteiger partial charge in [-0.15, -0.1) is 0 Å². The number of ether oxygens (including phenoxy) is 1. The molecule has 41 heavy (non-hydrogen) atoms. The maximum absolute atomic E-state index is 6.79. The van der Waals surface area contributed by atoms with Crippen molar-refractivity contribution in [3.05, 3.63) is 149 Å². The Bertz CT molecular complexity index is 1690. The molecular formula is C36H34N3O2+. The Labute approximate surface area is 240 Å². The van der Waals surface area contributed by atoms with E-state index in [9.17, 15) is 0 Å². The van der Waals surface area contributed by atoms with Crippen LogP contribution in [-0.2, 0) is 10.3 Å². The van der Waals surface area contributed by atoms with Crippen LogP contribution in [0.1, 0.15) is 42.4 Å². The van der Waals surface area contributed by atoms with Gasteiger partial charge >= 0.3 is 5.88 Å². The molecule has 3 aromatic carbocycles. The van der Waals surface area contributed by atoms with Crippen molar-refractivity contribution >= 4 is 12.0 Å². The first-order chi connectivity index (χ1) is 20.3. The first-order valence-corrected chi connectivity index (χ1v) is 14.5. The molecule has 5 nitrogen and oxygen atoms in total. The zero-order valence-corrected chi connectivity index (χ0v) is 23.3. The predicted molar refractivity (Wildman–Crippen MR) is 161 cm³/mol. The molecule has 5 heteroatoms. The van der Waals surface area contributed by atoms with Gasteiger partial charge < -0.3 is 9.15 Å². The van der Waals surface area contributed by atoms with E-state index in [2.05, 4.69) is 115 Å². The number of furan rings is 1. The van der Waals surface area contributed by atoms with Crippen molar-refractivity contribution in [3.63, 3.8) is 0 Å². The molecule has 0 amide bonds. The predicted octanol–water partition coefficient (Wildman–Crippen LogP) is 4.83. The topological polar surface area (TPSA) is 44.6 Å². The number of aromatic nitrogens is 2. The third kappa shape index (κ3) is 4.34. The summed E-state index contributed by atoms with van der Waals surface area (Å²) in [6.45, 7) is 0.792. The molecule has 1 aliphatic carbocycles. The number of quaternary nitrogens is 1. The van der Waals surface area contributed by atoms with Crippen LogP contribution < -0.4 is 15.5 Å². The second-order valence-corrected chi connectivity index (χ2v) is 10.9. The largest absolute Gasteiger partial charge is 0.472 e. The van der Waals surface area contributed by atoms with Crippen LogP contribution in [0, 0.1) is 0 Å². The fraction of sp³-hybridized carbons (Fsp3) is 0.194. The van der Waals surface area contributed by atoms with E-state index in [1.54, 1.807) is 12.5 Å². The zero-order chi connectivity index (χ0) is 27.6. The van der Waals surface area contributed by atoms with Crippen LogP contribution in [0.5, 0.6) is 0 Å². The molecule has 2 aromatic heterocycles. The number of hydrogen-bond donors (Lipinski definition) is 1. The average molecular weight is 541 g/mol. The molecule has 0 spiro atoms. The summed E-state index contributed by atoms with van der Waals surface area (Å²) in [4.78, 5) is 1.21. The molecule has 5 aromatic rings. The summed E-state index contributed by atoms with van der Waals surface area (Å²) < 4.78 is 14.6. The summed E-state index contributed by atoms with van der Waals surface area (Å²) in [7, 11) is 2.17. The van der Waals surface area contributed by atoms with Gasteiger partial charge in [0, 0.05) is 12.0 Å². The van der Waals surface area contributed by atoms with Crippen LogP contribution in [0.15, 0.2) is 126 Å². The fourth-order valence-corrected chi connectivity index (χ4v) is 6.33. The van der Waals surface area contributed by atoms with Gasteiger partial charge in [0.05, 0.1) is 24.9 Å². The van der Waals surface area contributed by atoms with Crippen LogP contribution in [-0.4, -0.2) is 23.4 Å². The van der Waals surface area contributed by atoms with E-state index in [0.29, 0.717) is 0 Å². The maximum atomic E-state index is 6.79. The minimum absolute atomic E-state index is 0.729. The Kier molecular flexibility index (Phi) is 6.65. The zero-order valence-electron chi connectivity index (χ0n) is 23.3. The number of allylic oxidation sites excluding steroid dienone is 2. The van der Waals surface area contributed by atoms with Crippen molar-refractivity contribution in [2.45, 2.75) is 31.2 Å². The van der Waals surface area contributed by atoms with Gasteiger partial charge in [-0.2, -0.15) is 5.10 Å². The molecule has 1 N–H and O–H groups in total. The summed E-state index contributed by atoms with van der Waals surface area (Å²) in [5.41, 5.74) is 4.48. The molecule has 7 rings (SSSR count). The van der Waals surface area contributed by atoms with Gasteiger partial charge in [0.15, 0.2) is 0 Å². The van der Waals surface area contributed by atoms with E-state index < -0.39 is 5.54 Å². The van der Waals surface area contributed by atoms with E-state index >= 15 is 0 Å². The molecular weight excluding hydrogens is 506 g/mol. The summed E-state index contributed by atoms with van der Waals surface area (Å²) >= 11 is 0. The second-order valence-electron chi connectivity index (χ2n) is 10.9. The lowest BCUT2D eigenvalue weighted by Gasteiger charge is -2.37. The van der Waals surface area contributed by atoms with E-state index in [-0.39, 0.29) is 0 Å². The highest BCUT2D eigenvalue weighted by Crippen LogP contribution is 2.39. The third-order valence-electron chi connectivity index (χ3n) is 8.31. The molecule has 0 radical (unpaired) electrons. The molecule has 0 saturated carbocycles. The number of nitrogens with one attached hydrogen (secondary N) is 1. The highest BCUT2D eigenvalue weighted by Gasteiger charge is 2.42.